The Kier molecular flexibility index (Phi) is 12.6. The minimum absolute atomic E-state index is 0.258. The highest BCUT2D eigenvalue weighted by atomic mass is 31.2. The van der Waals surface area contributed by atoms with Gasteiger partial charge in [-0.05, 0) is 6.42 Å². The topological polar surface area (TPSA) is 228 Å². The summed E-state index contributed by atoms with van der Waals surface area (Å²) in [4.78, 5) is 29.3. The molecular formula is C14H31O15P3. The molecule has 0 saturated carbocycles. The van der Waals surface area contributed by atoms with Gasteiger partial charge in [0.2, 0.25) is 0 Å². The van der Waals surface area contributed by atoms with Gasteiger partial charge in [-0.2, -0.15) is 0 Å². The van der Waals surface area contributed by atoms with Crippen molar-refractivity contribution in [2.24, 2.45) is 0 Å². The number of rotatable bonds is 15. The minimum Gasteiger partial charge on any atom is -0.384 e. The van der Waals surface area contributed by atoms with Crippen molar-refractivity contribution in [3.8, 4) is 0 Å². The Morgan fingerprint density at radius 2 is 1.28 bits per heavy atom. The van der Waals surface area contributed by atoms with Crippen LogP contribution in [0.5, 0.6) is 0 Å². The molecule has 1 aliphatic heterocycles. The van der Waals surface area contributed by atoms with Crippen molar-refractivity contribution in [1.29, 1.82) is 0 Å². The predicted molar refractivity (Wildman–Crippen MR) is 107 cm³/mol. The zero-order valence-electron chi connectivity index (χ0n) is 17.5. The van der Waals surface area contributed by atoms with Crippen LogP contribution in [0.4, 0.5) is 0 Å². The van der Waals surface area contributed by atoms with Crippen molar-refractivity contribution in [1.82, 2.24) is 0 Å². The molecule has 1 aliphatic rings. The second kappa shape index (κ2) is 13.3. The second-order valence-electron chi connectivity index (χ2n) is 6.75. The summed E-state index contributed by atoms with van der Waals surface area (Å²) in [6.45, 7) is 1.87. The number of methoxy groups -OCH3 is 1. The van der Waals surface area contributed by atoms with Gasteiger partial charge >= 0.3 is 22.8 Å². The molecule has 32 heavy (non-hydrogen) atoms. The fraction of sp³-hybridized carbons (Fsp3) is 1.00. The molecule has 15 nitrogen and oxygen atoms in total. The van der Waals surface area contributed by atoms with Gasteiger partial charge in [-0.15, -0.1) is 0 Å². The summed E-state index contributed by atoms with van der Waals surface area (Å²) in [5.41, 5.74) is 0. The molecule has 1 heterocycles. The molecule has 0 aromatic rings. The van der Waals surface area contributed by atoms with Crippen molar-refractivity contribution >= 4 is 22.8 Å². The number of ether oxygens (including phenoxy) is 3. The Morgan fingerprint density at radius 3 is 1.72 bits per heavy atom. The lowest BCUT2D eigenvalue weighted by Gasteiger charge is -2.45. The Hall–Kier alpha value is 0.210. The molecule has 0 radical (unpaired) electrons. The highest BCUT2D eigenvalue weighted by molar-refractivity contribution is 7.53. The predicted octanol–water partition coefficient (Wildman–Crippen LogP) is -0.264. The summed E-state index contributed by atoms with van der Waals surface area (Å²) in [6.07, 6.45) is -11.0. The third-order valence-electron chi connectivity index (χ3n) is 4.14. The van der Waals surface area contributed by atoms with Crippen LogP contribution in [0.2, 0.25) is 0 Å². The SMILES string of the molecule is CCCCOC[C@H]1O[C@H](OC)[C@@H](OP(=O)(O)CO)[C@@H](OP(=O)(O)CO)[C@@H]1OP(=O)(O)CO. The molecule has 0 aromatic heterocycles. The Labute approximate surface area is 184 Å². The molecule has 8 atom stereocenters. The molecular weight excluding hydrogens is 501 g/mol. The smallest absolute Gasteiger partial charge is 0.353 e. The molecule has 3 unspecified atom stereocenters. The first-order chi connectivity index (χ1) is 14.8. The number of aliphatic hydroxyl groups excluding tert-OH is 3. The summed E-state index contributed by atoms with van der Waals surface area (Å²) in [5, 5.41) is 27.4. The quantitative estimate of drug-likeness (QED) is 0.118. The lowest BCUT2D eigenvalue weighted by molar-refractivity contribution is -0.284. The van der Waals surface area contributed by atoms with Crippen molar-refractivity contribution < 1.29 is 71.5 Å². The largest absolute Gasteiger partial charge is 0.384 e. The van der Waals surface area contributed by atoms with Gasteiger partial charge in [-0.1, -0.05) is 13.3 Å². The zero-order chi connectivity index (χ0) is 24.6. The fourth-order valence-corrected chi connectivity index (χ4v) is 4.73. The molecule has 6 N–H and O–H groups in total. The molecule has 1 saturated heterocycles. The van der Waals surface area contributed by atoms with Gasteiger partial charge in [0.15, 0.2) is 6.29 Å². The van der Waals surface area contributed by atoms with E-state index >= 15 is 0 Å². The van der Waals surface area contributed by atoms with E-state index in [2.05, 4.69) is 0 Å². The van der Waals surface area contributed by atoms with E-state index < -0.39 is 72.5 Å². The Bertz CT molecular complexity index is 705. The highest BCUT2D eigenvalue weighted by Crippen LogP contribution is 2.52. The third-order valence-corrected chi connectivity index (χ3v) is 6.93. The van der Waals surface area contributed by atoms with E-state index in [-0.39, 0.29) is 13.2 Å². The monoisotopic (exact) mass is 532 g/mol. The third kappa shape index (κ3) is 9.46. The van der Waals surface area contributed by atoms with Crippen LogP contribution < -0.4 is 0 Å². The van der Waals surface area contributed by atoms with Gasteiger partial charge in [0.25, 0.3) is 0 Å². The lowest BCUT2D eigenvalue weighted by Crippen LogP contribution is -2.61. The highest BCUT2D eigenvalue weighted by Gasteiger charge is 2.54. The summed E-state index contributed by atoms with van der Waals surface area (Å²) < 4.78 is 67.2. The zero-order valence-corrected chi connectivity index (χ0v) is 20.2. The molecule has 18 heteroatoms. The molecule has 0 amide bonds. The van der Waals surface area contributed by atoms with Gasteiger partial charge in [-0.25, -0.2) is 0 Å². The van der Waals surface area contributed by atoms with Crippen LogP contribution in [-0.4, -0.2) is 100 Å². The van der Waals surface area contributed by atoms with E-state index in [1.54, 1.807) is 0 Å². The number of hydrogen-bond donors (Lipinski definition) is 6. The number of aliphatic hydroxyl groups is 3. The lowest BCUT2D eigenvalue weighted by atomic mass is 9.99. The molecule has 192 valence electrons. The van der Waals surface area contributed by atoms with Gasteiger partial charge in [-0.3, -0.25) is 27.3 Å². The van der Waals surface area contributed by atoms with Crippen molar-refractivity contribution in [2.75, 3.05) is 39.4 Å². The van der Waals surface area contributed by atoms with Gasteiger partial charge in [0.05, 0.1) is 6.61 Å². The maximum atomic E-state index is 12.1. The van der Waals surface area contributed by atoms with Crippen molar-refractivity contribution in [3.05, 3.63) is 0 Å². The molecule has 0 aromatic carbocycles. The van der Waals surface area contributed by atoms with Crippen molar-refractivity contribution in [2.45, 2.75) is 50.5 Å². The maximum Gasteiger partial charge on any atom is 0.353 e. The second-order valence-corrected chi connectivity index (χ2v) is 12.1. The van der Waals surface area contributed by atoms with Gasteiger partial charge in [0, 0.05) is 13.7 Å². The normalized spacial score (nSPS) is 32.1. The standard InChI is InChI=1S/C14H31O15P3/c1-3-4-5-25-6-10-11(27-30(18,19)7-15)12(28-31(20,21)8-16)13(14(24-2)26-10)29-32(22,23)9-17/h10-17H,3-9H2,1-2H3,(H,18,19)(H,20,21)(H,22,23)/t10-,11-,12+,13+,14+/m1/s1. The Balaban J connectivity index is 3.41. The first-order valence-electron chi connectivity index (χ1n) is 9.44. The average Bonchev–Trinajstić information content (AvgIpc) is 2.74. The minimum atomic E-state index is -4.79. The molecule has 0 aliphatic carbocycles. The fourth-order valence-electron chi connectivity index (χ4n) is 2.68. The first-order valence-corrected chi connectivity index (χ1v) is 14.7. The molecule has 1 rings (SSSR count). The van der Waals surface area contributed by atoms with Gasteiger partial charge in [0.1, 0.15) is 43.5 Å². The number of hydrogen-bond acceptors (Lipinski definition) is 12. The van der Waals surface area contributed by atoms with E-state index in [1.807, 2.05) is 6.92 Å². The Morgan fingerprint density at radius 1 is 0.812 bits per heavy atom. The summed E-state index contributed by atoms with van der Waals surface area (Å²) in [5.74, 6) is 0. The average molecular weight is 532 g/mol. The molecule has 1 fully saturated rings. The maximum absolute atomic E-state index is 12.1. The van der Waals surface area contributed by atoms with Crippen LogP contribution in [0, 0.1) is 0 Å². The van der Waals surface area contributed by atoms with E-state index in [0.717, 1.165) is 13.5 Å². The van der Waals surface area contributed by atoms with Crippen LogP contribution in [0.1, 0.15) is 19.8 Å². The van der Waals surface area contributed by atoms with E-state index in [9.17, 15) is 28.4 Å². The summed E-state index contributed by atoms with van der Waals surface area (Å²) in [7, 11) is -13.1. The summed E-state index contributed by atoms with van der Waals surface area (Å²) >= 11 is 0. The molecule has 0 spiro atoms. The van der Waals surface area contributed by atoms with Crippen LogP contribution in [0.15, 0.2) is 0 Å². The number of unbranched alkanes of at least 4 members (excludes halogenated alkanes) is 1. The van der Waals surface area contributed by atoms with E-state index in [0.29, 0.717) is 6.42 Å². The van der Waals surface area contributed by atoms with Gasteiger partial charge < -0.3 is 44.2 Å². The van der Waals surface area contributed by atoms with Crippen LogP contribution in [0.25, 0.3) is 0 Å². The summed E-state index contributed by atoms with van der Waals surface area (Å²) in [6, 6.07) is 0. The van der Waals surface area contributed by atoms with Crippen molar-refractivity contribution in [3.63, 3.8) is 0 Å². The van der Waals surface area contributed by atoms with E-state index in [1.165, 1.54) is 0 Å². The van der Waals surface area contributed by atoms with Crippen LogP contribution in [-0.2, 0) is 41.5 Å². The van der Waals surface area contributed by atoms with Crippen LogP contribution in [0.3, 0.4) is 0 Å². The molecule has 0 bridgehead atoms. The van der Waals surface area contributed by atoms with Crippen LogP contribution >= 0.6 is 22.8 Å². The van der Waals surface area contributed by atoms with E-state index in [4.69, 9.17) is 43.1 Å². The first kappa shape index (κ1) is 30.2.